The van der Waals surface area contributed by atoms with Crippen molar-refractivity contribution in [3.63, 3.8) is 0 Å². The van der Waals surface area contributed by atoms with Crippen molar-refractivity contribution in [1.29, 1.82) is 5.41 Å². The largest absolute Gasteiger partial charge is 0.315 e. The Hall–Kier alpha value is -1.15. The zero-order valence-electron chi connectivity index (χ0n) is 9.27. The van der Waals surface area contributed by atoms with Crippen LogP contribution in [0.3, 0.4) is 0 Å². The van der Waals surface area contributed by atoms with E-state index in [0.717, 1.165) is 31.5 Å². The second kappa shape index (κ2) is 3.78. The summed E-state index contributed by atoms with van der Waals surface area (Å²) < 4.78 is 0. The topological polar surface area (TPSA) is 35.9 Å². The molecule has 2 aliphatic rings. The molecule has 1 heterocycles. The molecule has 0 bridgehead atoms. The van der Waals surface area contributed by atoms with Gasteiger partial charge in [0.1, 0.15) is 0 Å². The molecule has 80 valence electrons. The Morgan fingerprint density at radius 3 is 3.07 bits per heavy atom. The van der Waals surface area contributed by atoms with Crippen molar-refractivity contribution in [3.05, 3.63) is 35.5 Å². The monoisotopic (exact) mass is 202 g/mol. The molecule has 1 saturated heterocycles. The number of allylic oxidation sites excluding steroid dienone is 3. The van der Waals surface area contributed by atoms with Crippen LogP contribution in [0.25, 0.3) is 0 Å². The van der Waals surface area contributed by atoms with E-state index >= 15 is 0 Å². The van der Waals surface area contributed by atoms with Crippen molar-refractivity contribution in [2.45, 2.75) is 19.8 Å². The van der Waals surface area contributed by atoms with Gasteiger partial charge in [-0.25, -0.2) is 0 Å². The van der Waals surface area contributed by atoms with Crippen LogP contribution >= 0.6 is 0 Å². The normalized spacial score (nSPS) is 30.6. The molecule has 0 radical (unpaired) electrons. The Balaban J connectivity index is 2.43. The third-order valence-corrected chi connectivity index (χ3v) is 3.62. The molecule has 1 fully saturated rings. The Morgan fingerprint density at radius 2 is 2.40 bits per heavy atom. The van der Waals surface area contributed by atoms with Crippen LogP contribution in [0.2, 0.25) is 0 Å². The number of nitrogens with one attached hydrogen (secondary N) is 2. The molecular weight excluding hydrogens is 184 g/mol. The Kier molecular flexibility index (Phi) is 2.61. The molecule has 0 saturated carbocycles. The van der Waals surface area contributed by atoms with Gasteiger partial charge in [-0.3, -0.25) is 0 Å². The minimum Gasteiger partial charge on any atom is -0.315 e. The van der Waals surface area contributed by atoms with Gasteiger partial charge in [0.25, 0.3) is 0 Å². The van der Waals surface area contributed by atoms with Crippen molar-refractivity contribution in [1.82, 2.24) is 5.32 Å². The maximum Gasteiger partial charge on any atom is 0.0258 e. The van der Waals surface area contributed by atoms with E-state index in [4.69, 9.17) is 5.41 Å². The molecule has 15 heavy (non-hydrogen) atoms. The second-order valence-electron chi connectivity index (χ2n) is 4.49. The van der Waals surface area contributed by atoms with Crippen LogP contribution in [0.15, 0.2) is 35.5 Å². The second-order valence-corrected chi connectivity index (χ2v) is 4.49. The summed E-state index contributed by atoms with van der Waals surface area (Å²) in [5.41, 5.74) is 3.95. The summed E-state index contributed by atoms with van der Waals surface area (Å²) >= 11 is 0. The third kappa shape index (κ3) is 1.59. The van der Waals surface area contributed by atoms with Gasteiger partial charge in [-0.2, -0.15) is 0 Å². The Bertz CT molecular complexity index is 363. The number of piperidine rings is 1. The molecule has 1 aliphatic heterocycles. The molecule has 2 rings (SSSR count). The van der Waals surface area contributed by atoms with Crippen molar-refractivity contribution in [2.24, 2.45) is 5.41 Å². The summed E-state index contributed by atoms with van der Waals surface area (Å²) in [6.07, 6.45) is 7.84. The summed E-state index contributed by atoms with van der Waals surface area (Å²) in [7, 11) is 0. The van der Waals surface area contributed by atoms with Gasteiger partial charge in [-0.05, 0) is 37.5 Å². The van der Waals surface area contributed by atoms with Crippen LogP contribution < -0.4 is 5.32 Å². The van der Waals surface area contributed by atoms with Crippen molar-refractivity contribution in [3.8, 4) is 0 Å². The number of hydrogen-bond donors (Lipinski definition) is 2. The SMILES string of the molecule is C=CC12CNCCC1=CC(C)=C(C=N)C2. The average molecular weight is 202 g/mol. The van der Waals surface area contributed by atoms with Gasteiger partial charge >= 0.3 is 0 Å². The molecule has 0 spiro atoms. The summed E-state index contributed by atoms with van der Waals surface area (Å²) in [5.74, 6) is 0. The first-order chi connectivity index (χ1) is 7.22. The van der Waals surface area contributed by atoms with E-state index in [1.54, 1.807) is 0 Å². The number of fused-ring (bicyclic) bond motifs is 1. The molecule has 1 atom stereocenters. The van der Waals surface area contributed by atoms with E-state index in [1.807, 2.05) is 0 Å². The first-order valence-electron chi connectivity index (χ1n) is 5.47. The maximum absolute atomic E-state index is 7.43. The lowest BCUT2D eigenvalue weighted by molar-refractivity contribution is 0.364. The lowest BCUT2D eigenvalue weighted by Crippen LogP contribution is -2.42. The highest BCUT2D eigenvalue weighted by atomic mass is 14.9. The first-order valence-corrected chi connectivity index (χ1v) is 5.47. The number of rotatable bonds is 2. The highest BCUT2D eigenvalue weighted by Crippen LogP contribution is 2.43. The first kappa shape index (κ1) is 10.4. The quantitative estimate of drug-likeness (QED) is 0.523. The standard InChI is InChI=1S/C13H18N2/c1-3-13-7-11(8-14)10(2)6-12(13)4-5-15-9-13/h3,6,8,14-15H,1,4-5,7,9H2,2H3. The summed E-state index contributed by atoms with van der Waals surface area (Å²) in [6.45, 7) is 8.10. The summed E-state index contributed by atoms with van der Waals surface area (Å²) in [4.78, 5) is 0. The smallest absolute Gasteiger partial charge is 0.0258 e. The zero-order valence-corrected chi connectivity index (χ0v) is 9.27. The molecule has 0 aromatic carbocycles. The van der Waals surface area contributed by atoms with Gasteiger partial charge in [-0.15, -0.1) is 6.58 Å². The molecule has 2 N–H and O–H groups in total. The van der Waals surface area contributed by atoms with Gasteiger partial charge < -0.3 is 10.7 Å². The van der Waals surface area contributed by atoms with Crippen LogP contribution in [-0.2, 0) is 0 Å². The van der Waals surface area contributed by atoms with Crippen molar-refractivity contribution in [2.75, 3.05) is 13.1 Å². The number of hydrogen-bond acceptors (Lipinski definition) is 2. The zero-order chi connectivity index (χ0) is 10.9. The van der Waals surface area contributed by atoms with E-state index in [1.165, 1.54) is 17.4 Å². The van der Waals surface area contributed by atoms with E-state index in [-0.39, 0.29) is 5.41 Å². The predicted molar refractivity (Wildman–Crippen MR) is 64.3 cm³/mol. The van der Waals surface area contributed by atoms with Gasteiger partial charge in [0, 0.05) is 18.2 Å². The van der Waals surface area contributed by atoms with Crippen molar-refractivity contribution >= 4 is 6.21 Å². The van der Waals surface area contributed by atoms with Crippen LogP contribution in [-0.4, -0.2) is 19.3 Å². The lowest BCUT2D eigenvalue weighted by atomic mass is 9.68. The van der Waals surface area contributed by atoms with E-state index in [0.29, 0.717) is 0 Å². The molecule has 2 nitrogen and oxygen atoms in total. The molecule has 1 aliphatic carbocycles. The maximum atomic E-state index is 7.43. The van der Waals surface area contributed by atoms with Gasteiger partial charge in [-0.1, -0.05) is 17.7 Å². The summed E-state index contributed by atoms with van der Waals surface area (Å²) in [5, 5.41) is 10.9. The van der Waals surface area contributed by atoms with E-state index in [2.05, 4.69) is 31.0 Å². The molecule has 1 unspecified atom stereocenters. The fraction of sp³-hybridized carbons (Fsp3) is 0.462. The third-order valence-electron chi connectivity index (χ3n) is 3.62. The fourth-order valence-electron chi connectivity index (χ4n) is 2.56. The Morgan fingerprint density at radius 1 is 1.60 bits per heavy atom. The Labute approximate surface area is 91.3 Å². The molecular formula is C13H18N2. The molecule has 2 heteroatoms. The molecule has 0 aromatic heterocycles. The highest BCUT2D eigenvalue weighted by molar-refractivity contribution is 5.79. The highest BCUT2D eigenvalue weighted by Gasteiger charge is 2.36. The van der Waals surface area contributed by atoms with Crippen LogP contribution in [0.1, 0.15) is 19.8 Å². The summed E-state index contributed by atoms with van der Waals surface area (Å²) in [6, 6.07) is 0. The van der Waals surface area contributed by atoms with Crippen LogP contribution in [0.5, 0.6) is 0 Å². The molecule has 0 amide bonds. The minimum atomic E-state index is 0.0741. The molecule has 0 aromatic rings. The van der Waals surface area contributed by atoms with Gasteiger partial charge in [0.05, 0.1) is 0 Å². The predicted octanol–water partition coefficient (Wildman–Crippen LogP) is 2.45. The van der Waals surface area contributed by atoms with E-state index < -0.39 is 0 Å². The van der Waals surface area contributed by atoms with E-state index in [9.17, 15) is 0 Å². The fourth-order valence-corrected chi connectivity index (χ4v) is 2.56. The van der Waals surface area contributed by atoms with Crippen molar-refractivity contribution < 1.29 is 0 Å². The average Bonchev–Trinajstić information content (AvgIpc) is 2.28. The van der Waals surface area contributed by atoms with Gasteiger partial charge in [0.2, 0.25) is 0 Å². The van der Waals surface area contributed by atoms with Crippen LogP contribution in [0, 0.1) is 10.8 Å². The van der Waals surface area contributed by atoms with Crippen LogP contribution in [0.4, 0.5) is 0 Å². The van der Waals surface area contributed by atoms with Gasteiger partial charge in [0.15, 0.2) is 0 Å². The lowest BCUT2D eigenvalue weighted by Gasteiger charge is -2.41. The minimum absolute atomic E-state index is 0.0741.